The third kappa shape index (κ3) is 3.07. The molecule has 0 atom stereocenters. The summed E-state index contributed by atoms with van der Waals surface area (Å²) >= 11 is 0. The fourth-order valence-electron chi connectivity index (χ4n) is 2.96. The summed E-state index contributed by atoms with van der Waals surface area (Å²) in [7, 11) is 1.68. The van der Waals surface area contributed by atoms with Crippen molar-refractivity contribution >= 4 is 5.97 Å². The van der Waals surface area contributed by atoms with Gasteiger partial charge in [0.15, 0.2) is 0 Å². The minimum absolute atomic E-state index is 0.0862. The molecule has 4 heteroatoms. The monoisotopic (exact) mass is 241 g/mol. The average Bonchev–Trinajstić information content (AvgIpc) is 2.14. The van der Waals surface area contributed by atoms with Gasteiger partial charge in [-0.2, -0.15) is 5.06 Å². The number of nitrogens with zero attached hydrogens (tertiary/aromatic N) is 1. The van der Waals surface area contributed by atoms with Crippen LogP contribution in [0.5, 0.6) is 0 Å². The number of carbonyl (C=O) groups is 1. The van der Waals surface area contributed by atoms with E-state index in [2.05, 4.69) is 34.3 Å². The third-order valence-corrected chi connectivity index (χ3v) is 3.19. The Hall–Kier alpha value is -0.870. The van der Waals surface area contributed by atoms with Gasteiger partial charge in [0.1, 0.15) is 6.10 Å². The number of hydrogen-bond donors (Lipinski definition) is 0. The molecule has 0 aromatic heterocycles. The van der Waals surface area contributed by atoms with Crippen LogP contribution in [0.4, 0.5) is 0 Å². The van der Waals surface area contributed by atoms with E-state index in [0.29, 0.717) is 0 Å². The topological polar surface area (TPSA) is 38.8 Å². The van der Waals surface area contributed by atoms with Crippen molar-refractivity contribution in [3.05, 3.63) is 12.7 Å². The van der Waals surface area contributed by atoms with Crippen molar-refractivity contribution in [2.45, 2.75) is 57.7 Å². The van der Waals surface area contributed by atoms with E-state index in [0.717, 1.165) is 12.8 Å². The lowest BCUT2D eigenvalue weighted by atomic mass is 9.80. The first-order chi connectivity index (χ1) is 7.73. The predicted octanol–water partition coefficient (Wildman–Crippen LogP) is 2.30. The van der Waals surface area contributed by atoms with E-state index in [1.165, 1.54) is 6.08 Å². The maximum atomic E-state index is 11.3. The maximum absolute atomic E-state index is 11.3. The van der Waals surface area contributed by atoms with Crippen LogP contribution in [-0.4, -0.2) is 35.3 Å². The second kappa shape index (κ2) is 4.78. The van der Waals surface area contributed by atoms with Crippen LogP contribution in [0.25, 0.3) is 0 Å². The molecule has 0 N–H and O–H groups in total. The summed E-state index contributed by atoms with van der Waals surface area (Å²) in [5.74, 6) is -0.354. The number of ether oxygens (including phenoxy) is 1. The Bertz CT molecular complexity index is 292. The molecule has 4 nitrogen and oxygen atoms in total. The Morgan fingerprint density at radius 1 is 1.29 bits per heavy atom. The molecule has 1 heterocycles. The van der Waals surface area contributed by atoms with Gasteiger partial charge >= 0.3 is 5.97 Å². The Balaban J connectivity index is 2.83. The molecular formula is C13H23NO3. The second-order valence-corrected chi connectivity index (χ2v) is 5.77. The molecule has 0 saturated carbocycles. The maximum Gasteiger partial charge on any atom is 0.330 e. The van der Waals surface area contributed by atoms with Crippen molar-refractivity contribution in [2.24, 2.45) is 0 Å². The summed E-state index contributed by atoms with van der Waals surface area (Å²) < 4.78 is 5.37. The molecule has 17 heavy (non-hydrogen) atoms. The van der Waals surface area contributed by atoms with Gasteiger partial charge in [-0.3, -0.25) is 0 Å². The lowest BCUT2D eigenvalue weighted by Gasteiger charge is -2.52. The number of carbonyl (C=O) groups excluding carboxylic acids is 1. The third-order valence-electron chi connectivity index (χ3n) is 3.19. The van der Waals surface area contributed by atoms with Crippen molar-refractivity contribution in [1.29, 1.82) is 0 Å². The van der Waals surface area contributed by atoms with Crippen LogP contribution in [0.1, 0.15) is 40.5 Å². The van der Waals surface area contributed by atoms with Gasteiger partial charge in [0, 0.05) is 30.0 Å². The van der Waals surface area contributed by atoms with Crippen LogP contribution in [-0.2, 0) is 14.4 Å². The van der Waals surface area contributed by atoms with Crippen molar-refractivity contribution < 1.29 is 14.4 Å². The van der Waals surface area contributed by atoms with Crippen LogP contribution in [0.2, 0.25) is 0 Å². The molecule has 0 aromatic carbocycles. The van der Waals surface area contributed by atoms with Gasteiger partial charge in [0.05, 0.1) is 7.11 Å². The standard InChI is InChI=1S/C13H23NO3/c1-7-11(15)17-10-8-12(2,3)14(16-6)13(4,5)9-10/h7,10H,1,8-9H2,2-6H3. The first-order valence-electron chi connectivity index (χ1n) is 5.90. The molecule has 0 unspecified atom stereocenters. The highest BCUT2D eigenvalue weighted by atomic mass is 16.7. The van der Waals surface area contributed by atoms with Crippen LogP contribution >= 0.6 is 0 Å². The van der Waals surface area contributed by atoms with Crippen molar-refractivity contribution in [2.75, 3.05) is 7.11 Å². The summed E-state index contributed by atoms with van der Waals surface area (Å²) in [5.41, 5.74) is -0.328. The molecule has 0 radical (unpaired) electrons. The molecule has 0 aliphatic carbocycles. The van der Waals surface area contributed by atoms with Gasteiger partial charge in [0.25, 0.3) is 0 Å². The highest BCUT2D eigenvalue weighted by Gasteiger charge is 2.47. The Labute approximate surface area is 104 Å². The molecule has 0 spiro atoms. The predicted molar refractivity (Wildman–Crippen MR) is 66.3 cm³/mol. The van der Waals surface area contributed by atoms with E-state index in [-0.39, 0.29) is 23.2 Å². The summed E-state index contributed by atoms with van der Waals surface area (Å²) in [6, 6.07) is 0. The molecule has 98 valence electrons. The van der Waals surface area contributed by atoms with Gasteiger partial charge in [-0.1, -0.05) is 6.58 Å². The fraction of sp³-hybridized carbons (Fsp3) is 0.769. The average molecular weight is 241 g/mol. The highest BCUT2D eigenvalue weighted by molar-refractivity contribution is 5.81. The molecule has 1 fully saturated rings. The normalized spacial score (nSPS) is 24.3. The van der Waals surface area contributed by atoms with Gasteiger partial charge in [-0.05, 0) is 27.7 Å². The second-order valence-electron chi connectivity index (χ2n) is 5.77. The van der Waals surface area contributed by atoms with E-state index in [1.54, 1.807) is 7.11 Å². The Morgan fingerprint density at radius 2 is 1.76 bits per heavy atom. The van der Waals surface area contributed by atoms with E-state index in [4.69, 9.17) is 9.57 Å². The lowest BCUT2D eigenvalue weighted by molar-refractivity contribution is -0.277. The number of esters is 1. The Morgan fingerprint density at radius 3 is 2.12 bits per heavy atom. The molecule has 0 amide bonds. The zero-order valence-corrected chi connectivity index (χ0v) is 11.4. The fourth-order valence-corrected chi connectivity index (χ4v) is 2.96. The molecule has 1 saturated heterocycles. The summed E-state index contributed by atoms with van der Waals surface area (Å²) in [6.07, 6.45) is 2.63. The highest BCUT2D eigenvalue weighted by Crippen LogP contribution is 2.39. The Kier molecular flexibility index (Phi) is 3.99. The van der Waals surface area contributed by atoms with E-state index in [1.807, 2.05) is 5.06 Å². The lowest BCUT2D eigenvalue weighted by Crippen LogP contribution is -2.61. The quantitative estimate of drug-likeness (QED) is 0.561. The zero-order valence-electron chi connectivity index (χ0n) is 11.4. The number of hydrogen-bond acceptors (Lipinski definition) is 4. The first-order valence-corrected chi connectivity index (χ1v) is 5.90. The summed E-state index contributed by atoms with van der Waals surface area (Å²) in [5, 5.41) is 1.98. The smallest absolute Gasteiger partial charge is 0.330 e. The van der Waals surface area contributed by atoms with Gasteiger partial charge < -0.3 is 9.57 Å². The molecule has 1 aliphatic heterocycles. The SMILES string of the molecule is C=CC(=O)OC1CC(C)(C)N(OC)C(C)(C)C1. The van der Waals surface area contributed by atoms with Crippen molar-refractivity contribution in [3.8, 4) is 0 Å². The van der Waals surface area contributed by atoms with Crippen molar-refractivity contribution in [3.63, 3.8) is 0 Å². The molecule has 0 aromatic rings. The van der Waals surface area contributed by atoms with Crippen molar-refractivity contribution in [1.82, 2.24) is 5.06 Å². The van der Waals surface area contributed by atoms with Gasteiger partial charge in [-0.25, -0.2) is 4.79 Å². The minimum Gasteiger partial charge on any atom is -0.459 e. The van der Waals surface area contributed by atoms with Gasteiger partial charge in [0.2, 0.25) is 0 Å². The number of rotatable bonds is 3. The summed E-state index contributed by atoms with van der Waals surface area (Å²) in [4.78, 5) is 16.7. The molecule has 0 bridgehead atoms. The number of hydroxylamine groups is 2. The molecule has 1 aliphatic rings. The van der Waals surface area contributed by atoms with E-state index < -0.39 is 0 Å². The zero-order chi connectivity index (χ0) is 13.3. The molecular weight excluding hydrogens is 218 g/mol. The van der Waals surface area contributed by atoms with Crippen LogP contribution < -0.4 is 0 Å². The minimum atomic E-state index is -0.354. The van der Waals surface area contributed by atoms with E-state index in [9.17, 15) is 4.79 Å². The van der Waals surface area contributed by atoms with Crippen LogP contribution in [0.3, 0.4) is 0 Å². The van der Waals surface area contributed by atoms with E-state index >= 15 is 0 Å². The summed E-state index contributed by atoms with van der Waals surface area (Å²) in [6.45, 7) is 11.8. The largest absolute Gasteiger partial charge is 0.459 e. The van der Waals surface area contributed by atoms with Gasteiger partial charge in [-0.15, -0.1) is 0 Å². The molecule has 1 rings (SSSR count). The first kappa shape index (κ1) is 14.2. The van der Waals surface area contributed by atoms with Crippen LogP contribution in [0, 0.1) is 0 Å². The van der Waals surface area contributed by atoms with Crippen LogP contribution in [0.15, 0.2) is 12.7 Å². The number of piperidine rings is 1.